The number of hydrogen-bond acceptors (Lipinski definition) is 5. The number of aryl methyl sites for hydroxylation is 1. The molecule has 0 saturated carbocycles. The van der Waals surface area contributed by atoms with Crippen LogP contribution < -0.4 is 5.73 Å². The standard InChI is InChI=1S/C13H20N2O3S/c1-9-11(14)8-12(19-9)13(17)15-4-2-10(3-5-15)18-7-6-16/h8,10,16H,2-7,14H2,1H3. The maximum atomic E-state index is 12.3. The van der Waals surface area contributed by atoms with Crippen molar-refractivity contribution in [3.63, 3.8) is 0 Å². The third kappa shape index (κ3) is 3.46. The first-order valence-corrected chi connectivity index (χ1v) is 7.31. The Morgan fingerprint density at radius 1 is 1.58 bits per heavy atom. The number of thiophene rings is 1. The van der Waals surface area contributed by atoms with Crippen LogP contribution in [-0.2, 0) is 4.74 Å². The minimum atomic E-state index is 0.0485. The number of rotatable bonds is 4. The number of aliphatic hydroxyl groups excluding tert-OH is 1. The van der Waals surface area contributed by atoms with Gasteiger partial charge in [0.1, 0.15) is 0 Å². The highest BCUT2D eigenvalue weighted by Crippen LogP contribution is 2.26. The summed E-state index contributed by atoms with van der Waals surface area (Å²) in [6.45, 7) is 3.75. The quantitative estimate of drug-likeness (QED) is 0.872. The molecule has 1 fully saturated rings. The van der Waals surface area contributed by atoms with E-state index in [4.69, 9.17) is 15.6 Å². The van der Waals surface area contributed by atoms with E-state index in [9.17, 15) is 4.79 Å². The molecule has 1 aromatic rings. The molecule has 1 aliphatic rings. The summed E-state index contributed by atoms with van der Waals surface area (Å²) in [4.78, 5) is 15.8. The summed E-state index contributed by atoms with van der Waals surface area (Å²) in [6, 6.07) is 1.76. The molecule has 5 nitrogen and oxygen atoms in total. The minimum absolute atomic E-state index is 0.0485. The predicted molar refractivity (Wildman–Crippen MR) is 75.4 cm³/mol. The van der Waals surface area contributed by atoms with Gasteiger partial charge in [0.05, 0.1) is 24.2 Å². The maximum Gasteiger partial charge on any atom is 0.264 e. The Labute approximate surface area is 117 Å². The van der Waals surface area contributed by atoms with Crippen molar-refractivity contribution in [3.8, 4) is 0 Å². The van der Waals surface area contributed by atoms with Crippen LogP contribution in [0.4, 0.5) is 5.69 Å². The number of piperidine rings is 1. The van der Waals surface area contributed by atoms with Gasteiger partial charge in [-0.2, -0.15) is 0 Å². The normalized spacial score (nSPS) is 16.8. The molecule has 0 aliphatic carbocycles. The molecule has 1 saturated heterocycles. The van der Waals surface area contributed by atoms with Crippen molar-refractivity contribution in [3.05, 3.63) is 15.8 Å². The van der Waals surface area contributed by atoms with E-state index in [1.165, 1.54) is 11.3 Å². The molecule has 0 spiro atoms. The van der Waals surface area contributed by atoms with Gasteiger partial charge in [-0.05, 0) is 25.8 Å². The molecule has 106 valence electrons. The Morgan fingerprint density at radius 3 is 2.79 bits per heavy atom. The average molecular weight is 284 g/mol. The van der Waals surface area contributed by atoms with E-state index in [-0.39, 0.29) is 18.6 Å². The van der Waals surface area contributed by atoms with Gasteiger partial charge in [-0.3, -0.25) is 4.79 Å². The van der Waals surface area contributed by atoms with Gasteiger partial charge in [-0.25, -0.2) is 0 Å². The minimum Gasteiger partial charge on any atom is -0.398 e. The van der Waals surface area contributed by atoms with Gasteiger partial charge in [-0.1, -0.05) is 0 Å². The van der Waals surface area contributed by atoms with E-state index in [0.29, 0.717) is 30.3 Å². The van der Waals surface area contributed by atoms with Crippen LogP contribution in [0, 0.1) is 6.92 Å². The van der Waals surface area contributed by atoms with Crippen LogP contribution in [0.25, 0.3) is 0 Å². The van der Waals surface area contributed by atoms with Gasteiger partial charge in [0.15, 0.2) is 0 Å². The number of carbonyl (C=O) groups excluding carboxylic acids is 1. The fourth-order valence-corrected chi connectivity index (χ4v) is 3.11. The molecule has 3 N–H and O–H groups in total. The van der Waals surface area contributed by atoms with Gasteiger partial charge in [0.2, 0.25) is 0 Å². The van der Waals surface area contributed by atoms with Gasteiger partial charge in [0, 0.05) is 23.7 Å². The lowest BCUT2D eigenvalue weighted by molar-refractivity contribution is -0.00545. The monoisotopic (exact) mass is 284 g/mol. The van der Waals surface area contributed by atoms with Crippen LogP contribution in [-0.4, -0.2) is 48.3 Å². The molecule has 2 heterocycles. The molecule has 0 bridgehead atoms. The van der Waals surface area contributed by atoms with Crippen LogP contribution in [0.2, 0.25) is 0 Å². The van der Waals surface area contributed by atoms with E-state index in [2.05, 4.69) is 0 Å². The Kier molecular flexibility index (Phi) is 4.79. The van der Waals surface area contributed by atoms with Crippen molar-refractivity contribution in [2.24, 2.45) is 0 Å². The first-order valence-electron chi connectivity index (χ1n) is 6.49. The van der Waals surface area contributed by atoms with Crippen molar-refractivity contribution in [2.75, 3.05) is 32.0 Å². The highest BCUT2D eigenvalue weighted by molar-refractivity contribution is 7.14. The summed E-state index contributed by atoms with van der Waals surface area (Å²) in [6.07, 6.45) is 1.81. The van der Waals surface area contributed by atoms with Crippen LogP contribution in [0.15, 0.2) is 6.07 Å². The lowest BCUT2D eigenvalue weighted by Crippen LogP contribution is -2.40. The van der Waals surface area contributed by atoms with Crippen molar-refractivity contribution in [2.45, 2.75) is 25.9 Å². The summed E-state index contributed by atoms with van der Waals surface area (Å²) in [7, 11) is 0. The fourth-order valence-electron chi connectivity index (χ4n) is 2.20. The third-order valence-electron chi connectivity index (χ3n) is 3.34. The highest BCUT2D eigenvalue weighted by Gasteiger charge is 2.25. The zero-order valence-corrected chi connectivity index (χ0v) is 11.9. The van der Waals surface area contributed by atoms with E-state index in [0.717, 1.165) is 17.7 Å². The second-order valence-corrected chi connectivity index (χ2v) is 5.96. The van der Waals surface area contributed by atoms with E-state index < -0.39 is 0 Å². The summed E-state index contributed by atoms with van der Waals surface area (Å²) in [5, 5.41) is 8.71. The van der Waals surface area contributed by atoms with Gasteiger partial charge < -0.3 is 20.5 Å². The smallest absolute Gasteiger partial charge is 0.264 e. The topological polar surface area (TPSA) is 75.8 Å². The van der Waals surface area contributed by atoms with Gasteiger partial charge in [-0.15, -0.1) is 11.3 Å². The maximum absolute atomic E-state index is 12.3. The number of nitrogen functional groups attached to an aromatic ring is 1. The second-order valence-electron chi connectivity index (χ2n) is 4.71. The number of anilines is 1. The molecule has 1 aliphatic heterocycles. The SMILES string of the molecule is Cc1sc(C(=O)N2CCC(OCCO)CC2)cc1N. The van der Waals surface area contributed by atoms with Crippen molar-refractivity contribution < 1.29 is 14.6 Å². The number of hydrogen-bond donors (Lipinski definition) is 2. The van der Waals surface area contributed by atoms with E-state index in [1.807, 2.05) is 11.8 Å². The molecular formula is C13H20N2O3S. The van der Waals surface area contributed by atoms with E-state index in [1.54, 1.807) is 6.07 Å². The molecule has 1 aromatic heterocycles. The Morgan fingerprint density at radius 2 is 2.26 bits per heavy atom. The lowest BCUT2D eigenvalue weighted by Gasteiger charge is -2.31. The number of amides is 1. The van der Waals surface area contributed by atoms with Crippen molar-refractivity contribution in [1.82, 2.24) is 4.90 Å². The fraction of sp³-hybridized carbons (Fsp3) is 0.615. The first kappa shape index (κ1) is 14.3. The zero-order valence-electron chi connectivity index (χ0n) is 11.1. The van der Waals surface area contributed by atoms with Crippen LogP contribution in [0.1, 0.15) is 27.4 Å². The number of ether oxygens (including phenoxy) is 1. The number of aliphatic hydroxyl groups is 1. The predicted octanol–water partition coefficient (Wildman–Crippen LogP) is 1.25. The van der Waals surface area contributed by atoms with Crippen molar-refractivity contribution in [1.29, 1.82) is 0 Å². The zero-order chi connectivity index (χ0) is 13.8. The van der Waals surface area contributed by atoms with Gasteiger partial charge in [0.25, 0.3) is 5.91 Å². The molecule has 1 amide bonds. The highest BCUT2D eigenvalue weighted by atomic mass is 32.1. The molecule has 0 radical (unpaired) electrons. The largest absolute Gasteiger partial charge is 0.398 e. The number of likely N-dealkylation sites (tertiary alicyclic amines) is 1. The van der Waals surface area contributed by atoms with E-state index >= 15 is 0 Å². The average Bonchev–Trinajstić information content (AvgIpc) is 2.76. The summed E-state index contributed by atoms with van der Waals surface area (Å²) < 4.78 is 5.48. The Bertz CT molecular complexity index is 420. The molecule has 0 aromatic carbocycles. The molecule has 0 unspecified atom stereocenters. The first-order chi connectivity index (χ1) is 9.11. The number of nitrogens with two attached hydrogens (primary N) is 1. The summed E-state index contributed by atoms with van der Waals surface area (Å²) >= 11 is 1.45. The Balaban J connectivity index is 1.89. The molecule has 0 atom stereocenters. The summed E-state index contributed by atoms with van der Waals surface area (Å²) in [5.74, 6) is 0.0606. The molecule has 2 rings (SSSR count). The third-order valence-corrected chi connectivity index (χ3v) is 4.40. The molecular weight excluding hydrogens is 264 g/mol. The van der Waals surface area contributed by atoms with Crippen LogP contribution in [0.5, 0.6) is 0 Å². The van der Waals surface area contributed by atoms with Gasteiger partial charge >= 0.3 is 0 Å². The number of carbonyl (C=O) groups is 1. The summed E-state index contributed by atoms with van der Waals surface area (Å²) in [5.41, 5.74) is 6.47. The van der Waals surface area contributed by atoms with Crippen molar-refractivity contribution >= 4 is 22.9 Å². The van der Waals surface area contributed by atoms with Crippen LogP contribution in [0.3, 0.4) is 0 Å². The second kappa shape index (κ2) is 6.36. The lowest BCUT2D eigenvalue weighted by atomic mass is 10.1. The number of nitrogens with zero attached hydrogens (tertiary/aromatic N) is 1. The van der Waals surface area contributed by atoms with Crippen LogP contribution >= 0.6 is 11.3 Å². The molecule has 6 heteroatoms. The Hall–Kier alpha value is -1.11. The molecule has 19 heavy (non-hydrogen) atoms.